The summed E-state index contributed by atoms with van der Waals surface area (Å²) in [4.78, 5) is 11.0. The molecular weight excluding hydrogens is 128 g/mol. The van der Waals surface area contributed by atoms with E-state index in [2.05, 4.69) is 24.5 Å². The van der Waals surface area contributed by atoms with Crippen LogP contribution in [0.4, 0.5) is 0 Å². The van der Waals surface area contributed by atoms with Crippen LogP contribution in [0.5, 0.6) is 0 Å². The third kappa shape index (κ3) is 1.99. The minimum atomic E-state index is 0.0978. The van der Waals surface area contributed by atoms with Gasteiger partial charge in [0.1, 0.15) is 0 Å². The highest BCUT2D eigenvalue weighted by Crippen LogP contribution is 2.01. The van der Waals surface area contributed by atoms with Crippen LogP contribution in [-0.4, -0.2) is 24.5 Å². The fourth-order valence-electron chi connectivity index (χ4n) is 1.22. The molecule has 0 bridgehead atoms. The van der Waals surface area contributed by atoms with E-state index in [4.69, 9.17) is 0 Å². The molecule has 3 heteroatoms. The van der Waals surface area contributed by atoms with Gasteiger partial charge < -0.3 is 10.6 Å². The van der Waals surface area contributed by atoms with Crippen LogP contribution in [0.2, 0.25) is 0 Å². The van der Waals surface area contributed by atoms with Crippen molar-refractivity contribution >= 4 is 5.91 Å². The zero-order valence-electron chi connectivity index (χ0n) is 6.61. The van der Waals surface area contributed by atoms with E-state index >= 15 is 0 Å². The smallest absolute Gasteiger partial charge is 0.226 e. The van der Waals surface area contributed by atoms with Crippen molar-refractivity contribution in [3.05, 3.63) is 0 Å². The van der Waals surface area contributed by atoms with Gasteiger partial charge in [0.05, 0.1) is 25.0 Å². The van der Waals surface area contributed by atoms with Crippen molar-refractivity contribution in [3.63, 3.8) is 0 Å². The summed E-state index contributed by atoms with van der Waals surface area (Å²) in [5.41, 5.74) is 0.0978. The van der Waals surface area contributed by atoms with Crippen LogP contribution in [0, 0.1) is 0 Å². The Hall–Kier alpha value is -0.570. The van der Waals surface area contributed by atoms with E-state index in [0.717, 1.165) is 13.1 Å². The van der Waals surface area contributed by atoms with E-state index in [0.29, 0.717) is 6.42 Å². The maximum absolute atomic E-state index is 11.0. The molecule has 10 heavy (non-hydrogen) atoms. The number of rotatable bonds is 0. The standard InChI is InChI=1S/C7H14N2O/c1-7(2)5-6(10)8-3-4-9-7/h9H,3-5H2,1-2H3,(H,8,10)/p+1. The Morgan fingerprint density at radius 1 is 1.60 bits per heavy atom. The highest BCUT2D eigenvalue weighted by molar-refractivity contribution is 5.76. The number of carbonyl (C=O) groups excluding carboxylic acids is 1. The predicted molar refractivity (Wildman–Crippen MR) is 38.5 cm³/mol. The van der Waals surface area contributed by atoms with E-state index in [9.17, 15) is 4.79 Å². The van der Waals surface area contributed by atoms with Gasteiger partial charge in [-0.1, -0.05) is 0 Å². The summed E-state index contributed by atoms with van der Waals surface area (Å²) >= 11 is 0. The Labute approximate surface area is 61.2 Å². The summed E-state index contributed by atoms with van der Waals surface area (Å²) in [6.45, 7) is 6.00. The average Bonchev–Trinajstić information content (AvgIpc) is 1.90. The molecule has 0 saturated carbocycles. The fourth-order valence-corrected chi connectivity index (χ4v) is 1.22. The van der Waals surface area contributed by atoms with Crippen molar-refractivity contribution < 1.29 is 10.1 Å². The zero-order valence-corrected chi connectivity index (χ0v) is 6.61. The maximum Gasteiger partial charge on any atom is 0.226 e. The highest BCUT2D eigenvalue weighted by Gasteiger charge is 2.26. The van der Waals surface area contributed by atoms with Gasteiger partial charge in [-0.05, 0) is 13.8 Å². The first kappa shape index (κ1) is 7.54. The number of quaternary nitrogens is 1. The van der Waals surface area contributed by atoms with Gasteiger partial charge in [0.15, 0.2) is 0 Å². The van der Waals surface area contributed by atoms with Crippen LogP contribution in [0.1, 0.15) is 20.3 Å². The number of nitrogens with one attached hydrogen (secondary N) is 1. The molecule has 3 nitrogen and oxygen atoms in total. The lowest BCUT2D eigenvalue weighted by Crippen LogP contribution is -2.95. The third-order valence-corrected chi connectivity index (χ3v) is 1.78. The lowest BCUT2D eigenvalue weighted by atomic mass is 10.0. The monoisotopic (exact) mass is 143 g/mol. The van der Waals surface area contributed by atoms with Crippen molar-refractivity contribution in [1.29, 1.82) is 0 Å². The number of hydrogen-bond acceptors (Lipinski definition) is 1. The zero-order chi connectivity index (χ0) is 7.61. The number of nitrogens with two attached hydrogens (primary N) is 1. The summed E-state index contributed by atoms with van der Waals surface area (Å²) in [5, 5.41) is 5.04. The Bertz CT molecular complexity index is 143. The van der Waals surface area contributed by atoms with E-state index < -0.39 is 0 Å². The van der Waals surface area contributed by atoms with Crippen molar-refractivity contribution in [2.45, 2.75) is 25.8 Å². The molecule has 0 aromatic carbocycles. The Morgan fingerprint density at radius 3 is 3.00 bits per heavy atom. The molecule has 1 aliphatic heterocycles. The van der Waals surface area contributed by atoms with E-state index in [1.807, 2.05) is 0 Å². The lowest BCUT2D eigenvalue weighted by Gasteiger charge is -2.17. The second-order valence-electron chi connectivity index (χ2n) is 3.51. The highest BCUT2D eigenvalue weighted by atomic mass is 16.1. The van der Waals surface area contributed by atoms with Crippen molar-refractivity contribution in [3.8, 4) is 0 Å². The fraction of sp³-hybridized carbons (Fsp3) is 0.857. The molecule has 1 rings (SSSR count). The van der Waals surface area contributed by atoms with Crippen LogP contribution in [0.25, 0.3) is 0 Å². The molecule has 58 valence electrons. The molecule has 0 aliphatic carbocycles. The van der Waals surface area contributed by atoms with Gasteiger partial charge in [-0.15, -0.1) is 0 Å². The molecule has 1 aliphatic rings. The van der Waals surface area contributed by atoms with Crippen LogP contribution in [0.15, 0.2) is 0 Å². The first-order valence-corrected chi connectivity index (χ1v) is 3.71. The van der Waals surface area contributed by atoms with Gasteiger partial charge in [0, 0.05) is 0 Å². The minimum Gasteiger partial charge on any atom is -0.350 e. The largest absolute Gasteiger partial charge is 0.350 e. The number of hydrogen-bond donors (Lipinski definition) is 2. The Morgan fingerprint density at radius 2 is 2.30 bits per heavy atom. The topological polar surface area (TPSA) is 45.7 Å². The lowest BCUT2D eigenvalue weighted by molar-refractivity contribution is -0.716. The van der Waals surface area contributed by atoms with Crippen LogP contribution in [0.3, 0.4) is 0 Å². The molecule has 0 atom stereocenters. The molecule has 0 unspecified atom stereocenters. The SMILES string of the molecule is CC1(C)CC(=O)NCC[NH2+]1. The Kier molecular flexibility index (Phi) is 1.94. The van der Waals surface area contributed by atoms with Gasteiger partial charge in [-0.3, -0.25) is 4.79 Å². The minimum absolute atomic E-state index is 0.0978. The molecule has 0 spiro atoms. The van der Waals surface area contributed by atoms with Crippen molar-refractivity contribution in [2.24, 2.45) is 0 Å². The normalized spacial score (nSPS) is 25.2. The first-order chi connectivity index (χ1) is 4.60. The Balaban J connectivity index is 2.54. The average molecular weight is 143 g/mol. The van der Waals surface area contributed by atoms with E-state index in [-0.39, 0.29) is 11.4 Å². The van der Waals surface area contributed by atoms with Crippen LogP contribution in [-0.2, 0) is 4.79 Å². The molecule has 1 amide bonds. The van der Waals surface area contributed by atoms with Crippen molar-refractivity contribution in [2.75, 3.05) is 13.1 Å². The quantitative estimate of drug-likeness (QED) is 0.442. The molecule has 1 fully saturated rings. The van der Waals surface area contributed by atoms with Gasteiger partial charge in [-0.25, -0.2) is 0 Å². The summed E-state index contributed by atoms with van der Waals surface area (Å²) in [5.74, 6) is 0.179. The van der Waals surface area contributed by atoms with Gasteiger partial charge in [-0.2, -0.15) is 0 Å². The third-order valence-electron chi connectivity index (χ3n) is 1.78. The maximum atomic E-state index is 11.0. The molecule has 0 radical (unpaired) electrons. The summed E-state index contributed by atoms with van der Waals surface area (Å²) < 4.78 is 0. The molecule has 1 heterocycles. The van der Waals surface area contributed by atoms with Gasteiger partial charge >= 0.3 is 0 Å². The second-order valence-corrected chi connectivity index (χ2v) is 3.51. The predicted octanol–water partition coefficient (Wildman–Crippen LogP) is -1.15. The molecule has 3 N–H and O–H groups in total. The first-order valence-electron chi connectivity index (χ1n) is 3.71. The second kappa shape index (κ2) is 2.58. The van der Waals surface area contributed by atoms with Crippen molar-refractivity contribution in [1.82, 2.24) is 5.32 Å². The van der Waals surface area contributed by atoms with E-state index in [1.165, 1.54) is 0 Å². The number of carbonyl (C=O) groups is 1. The molecular formula is C7H15N2O+. The van der Waals surface area contributed by atoms with Crippen LogP contribution < -0.4 is 10.6 Å². The molecule has 0 aromatic rings. The van der Waals surface area contributed by atoms with Gasteiger partial charge in [0.25, 0.3) is 0 Å². The van der Waals surface area contributed by atoms with Gasteiger partial charge in [0.2, 0.25) is 5.91 Å². The summed E-state index contributed by atoms with van der Waals surface area (Å²) in [6, 6.07) is 0. The molecule has 0 aromatic heterocycles. The summed E-state index contributed by atoms with van der Waals surface area (Å²) in [6.07, 6.45) is 0.632. The molecule has 1 saturated heterocycles. The van der Waals surface area contributed by atoms with E-state index in [1.54, 1.807) is 0 Å². The summed E-state index contributed by atoms with van der Waals surface area (Å²) in [7, 11) is 0. The van der Waals surface area contributed by atoms with Crippen LogP contribution >= 0.6 is 0 Å². The number of amides is 1.